The van der Waals surface area contributed by atoms with E-state index in [1.165, 1.54) is 21.9 Å². The SMILES string of the molecule is CCOCCN1C(=O)C2C(N=C3N(c4ccc(F)cc4)CCN32)N(C)C1=O. The van der Waals surface area contributed by atoms with Crippen molar-refractivity contribution < 1.29 is 18.7 Å². The summed E-state index contributed by atoms with van der Waals surface area (Å²) in [7, 11) is 1.66. The summed E-state index contributed by atoms with van der Waals surface area (Å²) in [5.74, 6) is 0.0982. The van der Waals surface area contributed by atoms with Crippen molar-refractivity contribution in [3.8, 4) is 0 Å². The summed E-state index contributed by atoms with van der Waals surface area (Å²) in [5.41, 5.74) is 0.811. The molecule has 3 heterocycles. The molecule has 0 radical (unpaired) electrons. The molecule has 27 heavy (non-hydrogen) atoms. The van der Waals surface area contributed by atoms with E-state index in [2.05, 4.69) is 4.99 Å². The molecular formula is C18H22FN5O3. The average Bonchev–Trinajstić information content (AvgIpc) is 3.23. The maximum atomic E-state index is 13.2. The number of anilines is 1. The Labute approximate surface area is 156 Å². The van der Waals surface area contributed by atoms with Crippen LogP contribution in [0.25, 0.3) is 0 Å². The van der Waals surface area contributed by atoms with Gasteiger partial charge >= 0.3 is 6.03 Å². The zero-order chi connectivity index (χ0) is 19.1. The largest absolute Gasteiger partial charge is 0.380 e. The van der Waals surface area contributed by atoms with Crippen LogP contribution in [0, 0.1) is 5.82 Å². The topological polar surface area (TPSA) is 68.7 Å². The Kier molecular flexibility index (Phi) is 4.47. The van der Waals surface area contributed by atoms with Crippen molar-refractivity contribution in [2.24, 2.45) is 4.99 Å². The van der Waals surface area contributed by atoms with Crippen LogP contribution >= 0.6 is 0 Å². The third-order valence-corrected chi connectivity index (χ3v) is 5.18. The zero-order valence-electron chi connectivity index (χ0n) is 15.3. The summed E-state index contributed by atoms with van der Waals surface area (Å²) >= 11 is 0. The average molecular weight is 375 g/mol. The Hall–Kier alpha value is -2.68. The number of nitrogens with zero attached hydrogens (tertiary/aromatic N) is 5. The third-order valence-electron chi connectivity index (χ3n) is 5.18. The number of fused-ring (bicyclic) bond motifs is 3. The van der Waals surface area contributed by atoms with Crippen molar-refractivity contribution in [2.75, 3.05) is 44.8 Å². The maximum Gasteiger partial charge on any atom is 0.328 e. The molecule has 9 heteroatoms. The van der Waals surface area contributed by atoms with E-state index in [-0.39, 0.29) is 24.3 Å². The van der Waals surface area contributed by atoms with Gasteiger partial charge in [0.15, 0.2) is 12.2 Å². The van der Waals surface area contributed by atoms with Crippen LogP contribution in [-0.2, 0) is 9.53 Å². The number of urea groups is 1. The zero-order valence-corrected chi connectivity index (χ0v) is 15.3. The van der Waals surface area contributed by atoms with Crippen LogP contribution in [-0.4, -0.2) is 84.7 Å². The number of halogens is 1. The number of ether oxygens (including phenoxy) is 1. The Morgan fingerprint density at radius 1 is 1.22 bits per heavy atom. The van der Waals surface area contributed by atoms with Gasteiger partial charge in [0.2, 0.25) is 5.96 Å². The van der Waals surface area contributed by atoms with E-state index in [9.17, 15) is 14.0 Å². The van der Waals surface area contributed by atoms with E-state index >= 15 is 0 Å². The lowest BCUT2D eigenvalue weighted by Gasteiger charge is -2.40. The third kappa shape index (κ3) is 2.82. The highest BCUT2D eigenvalue weighted by Crippen LogP contribution is 2.33. The molecule has 0 aromatic heterocycles. The predicted molar refractivity (Wildman–Crippen MR) is 96.8 cm³/mol. The Morgan fingerprint density at radius 3 is 2.67 bits per heavy atom. The minimum absolute atomic E-state index is 0.226. The predicted octanol–water partition coefficient (Wildman–Crippen LogP) is 0.942. The molecule has 0 spiro atoms. The van der Waals surface area contributed by atoms with Gasteiger partial charge in [0.1, 0.15) is 5.82 Å². The fourth-order valence-corrected chi connectivity index (χ4v) is 3.81. The van der Waals surface area contributed by atoms with Crippen LogP contribution < -0.4 is 4.90 Å². The number of imide groups is 1. The monoisotopic (exact) mass is 375 g/mol. The fourth-order valence-electron chi connectivity index (χ4n) is 3.81. The molecule has 2 atom stereocenters. The minimum atomic E-state index is -0.549. The molecule has 1 aromatic rings. The smallest absolute Gasteiger partial charge is 0.328 e. The van der Waals surface area contributed by atoms with Gasteiger partial charge < -0.3 is 19.4 Å². The van der Waals surface area contributed by atoms with E-state index in [1.54, 1.807) is 19.2 Å². The van der Waals surface area contributed by atoms with Crippen molar-refractivity contribution in [1.29, 1.82) is 0 Å². The number of guanidine groups is 1. The first-order chi connectivity index (χ1) is 13.0. The number of hydrogen-bond acceptors (Lipinski definition) is 6. The van der Waals surface area contributed by atoms with Crippen LogP contribution in [0.2, 0.25) is 0 Å². The minimum Gasteiger partial charge on any atom is -0.380 e. The van der Waals surface area contributed by atoms with Crippen LogP contribution in [0.15, 0.2) is 29.3 Å². The van der Waals surface area contributed by atoms with Gasteiger partial charge in [-0.2, -0.15) is 0 Å². The highest BCUT2D eigenvalue weighted by Gasteiger charge is 2.54. The first kappa shape index (κ1) is 17.7. The van der Waals surface area contributed by atoms with Gasteiger partial charge in [0.25, 0.3) is 5.91 Å². The number of carbonyl (C=O) groups is 2. The molecule has 3 aliphatic heterocycles. The molecule has 0 bridgehead atoms. The summed E-state index contributed by atoms with van der Waals surface area (Å²) in [4.78, 5) is 36.9. The summed E-state index contributed by atoms with van der Waals surface area (Å²) in [6.07, 6.45) is -0.549. The van der Waals surface area contributed by atoms with E-state index in [0.717, 1.165) is 5.69 Å². The lowest BCUT2D eigenvalue weighted by atomic mass is 10.1. The van der Waals surface area contributed by atoms with Gasteiger partial charge in [0.05, 0.1) is 13.2 Å². The molecule has 3 amide bonds. The Morgan fingerprint density at radius 2 is 1.96 bits per heavy atom. The second-order valence-corrected chi connectivity index (χ2v) is 6.69. The molecule has 144 valence electrons. The van der Waals surface area contributed by atoms with E-state index in [1.807, 2.05) is 16.7 Å². The Balaban J connectivity index is 1.59. The van der Waals surface area contributed by atoms with E-state index in [0.29, 0.717) is 32.3 Å². The number of amides is 3. The highest BCUT2D eigenvalue weighted by atomic mass is 19.1. The van der Waals surface area contributed by atoms with Gasteiger partial charge in [-0.25, -0.2) is 14.2 Å². The van der Waals surface area contributed by atoms with Gasteiger partial charge in [0, 0.05) is 32.4 Å². The standard InChI is InChI=1S/C18H22FN5O3/c1-3-27-11-10-24-16(25)14-15(21(2)18(24)26)20-17-22(8-9-23(14)17)13-6-4-12(19)5-7-13/h4-7,14-15H,3,8-11H2,1-2H3. The second-order valence-electron chi connectivity index (χ2n) is 6.69. The van der Waals surface area contributed by atoms with E-state index < -0.39 is 12.2 Å². The van der Waals surface area contributed by atoms with E-state index in [4.69, 9.17) is 4.74 Å². The van der Waals surface area contributed by atoms with Crippen molar-refractivity contribution in [3.63, 3.8) is 0 Å². The van der Waals surface area contributed by atoms with Crippen LogP contribution in [0.5, 0.6) is 0 Å². The van der Waals surface area contributed by atoms with Gasteiger partial charge in [-0.15, -0.1) is 0 Å². The normalized spacial score (nSPS) is 24.5. The lowest BCUT2D eigenvalue weighted by molar-refractivity contribution is -0.138. The van der Waals surface area contributed by atoms with Gasteiger partial charge in [-0.05, 0) is 31.2 Å². The van der Waals surface area contributed by atoms with Crippen LogP contribution in [0.1, 0.15) is 6.92 Å². The number of aliphatic imine (C=N–C) groups is 1. The molecule has 0 saturated carbocycles. The van der Waals surface area contributed by atoms with Crippen molar-refractivity contribution >= 4 is 23.6 Å². The first-order valence-electron chi connectivity index (χ1n) is 9.06. The number of hydrogen-bond donors (Lipinski definition) is 0. The molecular weight excluding hydrogens is 353 g/mol. The first-order valence-corrected chi connectivity index (χ1v) is 9.06. The molecule has 3 aliphatic rings. The molecule has 1 aromatic carbocycles. The fraction of sp³-hybridized carbons (Fsp3) is 0.500. The summed E-state index contributed by atoms with van der Waals surface area (Å²) in [5, 5.41) is 0. The van der Waals surface area contributed by atoms with Crippen molar-refractivity contribution in [3.05, 3.63) is 30.1 Å². The number of likely N-dealkylation sites (N-methyl/N-ethyl adjacent to an activating group) is 1. The maximum absolute atomic E-state index is 13.2. The summed E-state index contributed by atoms with van der Waals surface area (Å²) in [6.45, 7) is 4.21. The molecule has 4 rings (SSSR count). The second kappa shape index (κ2) is 6.80. The van der Waals surface area contributed by atoms with Crippen LogP contribution in [0.4, 0.5) is 14.9 Å². The molecule has 0 N–H and O–H groups in total. The molecule has 0 aliphatic carbocycles. The van der Waals surface area contributed by atoms with Crippen molar-refractivity contribution in [1.82, 2.24) is 14.7 Å². The lowest BCUT2D eigenvalue weighted by Crippen LogP contribution is -2.65. The number of benzene rings is 1. The summed E-state index contributed by atoms with van der Waals surface area (Å²) < 4.78 is 18.5. The highest BCUT2D eigenvalue weighted by molar-refractivity contribution is 6.07. The van der Waals surface area contributed by atoms with Crippen molar-refractivity contribution in [2.45, 2.75) is 19.1 Å². The number of rotatable bonds is 5. The molecule has 2 fully saturated rings. The quantitative estimate of drug-likeness (QED) is 0.717. The molecule has 2 unspecified atom stereocenters. The number of carbonyl (C=O) groups excluding carboxylic acids is 2. The Bertz CT molecular complexity index is 784. The molecule has 2 saturated heterocycles. The van der Waals surface area contributed by atoms with Gasteiger partial charge in [-0.1, -0.05) is 0 Å². The van der Waals surface area contributed by atoms with Crippen LogP contribution in [0.3, 0.4) is 0 Å². The molecule has 8 nitrogen and oxygen atoms in total. The van der Waals surface area contributed by atoms with Gasteiger partial charge in [-0.3, -0.25) is 9.69 Å². The summed E-state index contributed by atoms with van der Waals surface area (Å²) in [6, 6.07) is 5.28.